The highest BCUT2D eigenvalue weighted by Gasteiger charge is 2.64. The zero-order valence-electron chi connectivity index (χ0n) is 12.9. The Balaban J connectivity index is 1.55. The van der Waals surface area contributed by atoms with Crippen LogP contribution < -0.4 is 0 Å². The van der Waals surface area contributed by atoms with Gasteiger partial charge < -0.3 is 5.11 Å². The molecule has 3 atom stereocenters. The number of rotatable bonds is 4. The van der Waals surface area contributed by atoms with Crippen LogP contribution in [0.3, 0.4) is 0 Å². The van der Waals surface area contributed by atoms with E-state index in [1.807, 2.05) is 30.3 Å². The van der Waals surface area contributed by atoms with Crippen molar-refractivity contribution in [2.24, 2.45) is 5.41 Å². The van der Waals surface area contributed by atoms with Gasteiger partial charge >= 0.3 is 5.97 Å². The van der Waals surface area contributed by atoms with E-state index < -0.39 is 27.3 Å². The lowest BCUT2D eigenvalue weighted by atomic mass is 9.72. The van der Waals surface area contributed by atoms with Crippen LogP contribution in [-0.4, -0.2) is 41.6 Å². The third-order valence-electron chi connectivity index (χ3n) is 5.84. The third kappa shape index (κ3) is 2.22. The van der Waals surface area contributed by atoms with Gasteiger partial charge in [0.05, 0.1) is 5.25 Å². The van der Waals surface area contributed by atoms with Gasteiger partial charge in [-0.15, -0.1) is 0 Å². The number of carboxylic acid groups (broad SMARTS) is 1. The summed E-state index contributed by atoms with van der Waals surface area (Å²) in [5, 5.41) is 9.12. The van der Waals surface area contributed by atoms with E-state index >= 15 is 0 Å². The van der Waals surface area contributed by atoms with Gasteiger partial charge in [0.15, 0.2) is 0 Å². The largest absolute Gasteiger partial charge is 0.480 e. The van der Waals surface area contributed by atoms with Crippen LogP contribution in [0.25, 0.3) is 0 Å². The average molecular weight is 335 g/mol. The number of nitrogens with zero attached hydrogens (tertiary/aromatic N) is 1. The molecule has 3 aliphatic rings. The fraction of sp³-hybridized carbons (Fsp3) is 0.588. The highest BCUT2D eigenvalue weighted by molar-refractivity contribution is 7.90. The van der Waals surface area contributed by atoms with Crippen molar-refractivity contribution in [3.05, 3.63) is 35.9 Å². The molecule has 6 heteroatoms. The Bertz CT molecular complexity index is 724. The first-order valence-corrected chi connectivity index (χ1v) is 9.74. The zero-order valence-corrected chi connectivity index (χ0v) is 13.7. The van der Waals surface area contributed by atoms with Crippen LogP contribution in [0.1, 0.15) is 43.6 Å². The van der Waals surface area contributed by atoms with Gasteiger partial charge in [0.1, 0.15) is 6.04 Å². The van der Waals surface area contributed by atoms with Crippen LogP contribution in [0.2, 0.25) is 0 Å². The van der Waals surface area contributed by atoms with Gasteiger partial charge in [0.25, 0.3) is 0 Å². The van der Waals surface area contributed by atoms with Crippen molar-refractivity contribution in [1.82, 2.24) is 4.31 Å². The van der Waals surface area contributed by atoms with E-state index in [-0.39, 0.29) is 11.3 Å². The summed E-state index contributed by atoms with van der Waals surface area (Å²) in [4.78, 5) is 11.7. The molecule has 1 heterocycles. The summed E-state index contributed by atoms with van der Waals surface area (Å²) in [7, 11) is -3.53. The number of carbonyl (C=O) groups is 1. The first-order valence-electron chi connectivity index (χ1n) is 8.24. The number of sulfonamides is 1. The van der Waals surface area contributed by atoms with Crippen LogP contribution in [0.5, 0.6) is 0 Å². The molecule has 3 fully saturated rings. The van der Waals surface area contributed by atoms with Crippen LogP contribution in [0.4, 0.5) is 0 Å². The van der Waals surface area contributed by atoms with Gasteiger partial charge in [-0.3, -0.25) is 4.79 Å². The molecular weight excluding hydrogens is 314 g/mol. The fourth-order valence-corrected chi connectivity index (χ4v) is 6.95. The van der Waals surface area contributed by atoms with Crippen LogP contribution in [0.15, 0.2) is 30.3 Å². The number of hydrogen-bond donors (Lipinski definition) is 1. The Morgan fingerprint density at radius 3 is 2.43 bits per heavy atom. The van der Waals surface area contributed by atoms with Crippen molar-refractivity contribution < 1.29 is 18.3 Å². The molecule has 23 heavy (non-hydrogen) atoms. The predicted molar refractivity (Wildman–Crippen MR) is 85.5 cm³/mol. The fourth-order valence-electron chi connectivity index (χ4n) is 4.54. The van der Waals surface area contributed by atoms with E-state index in [0.717, 1.165) is 31.2 Å². The number of carboxylic acids is 1. The Morgan fingerprint density at radius 1 is 1.17 bits per heavy atom. The van der Waals surface area contributed by atoms with Crippen LogP contribution in [0, 0.1) is 5.41 Å². The Morgan fingerprint density at radius 2 is 1.83 bits per heavy atom. The lowest BCUT2D eigenvalue weighted by Gasteiger charge is -2.52. The monoisotopic (exact) mass is 335 g/mol. The minimum absolute atomic E-state index is 0.00997. The minimum Gasteiger partial charge on any atom is -0.480 e. The molecule has 5 nitrogen and oxygen atoms in total. The Kier molecular flexibility index (Phi) is 3.32. The zero-order chi connectivity index (χ0) is 16.2. The third-order valence-corrected chi connectivity index (χ3v) is 8.12. The molecule has 0 aromatic heterocycles. The van der Waals surface area contributed by atoms with E-state index in [1.54, 1.807) is 0 Å². The maximum atomic E-state index is 12.9. The van der Waals surface area contributed by atoms with Crippen molar-refractivity contribution in [3.8, 4) is 0 Å². The second-order valence-corrected chi connectivity index (χ2v) is 9.30. The summed E-state index contributed by atoms with van der Waals surface area (Å²) < 4.78 is 27.0. The molecule has 1 spiro atoms. The average Bonchev–Trinajstić information content (AvgIpc) is 3.16. The van der Waals surface area contributed by atoms with Gasteiger partial charge in [0, 0.05) is 17.9 Å². The normalized spacial score (nSPS) is 32.6. The maximum absolute atomic E-state index is 12.9. The molecule has 2 saturated carbocycles. The smallest absolute Gasteiger partial charge is 0.322 e. The number of hydrogen-bond acceptors (Lipinski definition) is 3. The second kappa shape index (κ2) is 5.05. The molecule has 1 N–H and O–H groups in total. The van der Waals surface area contributed by atoms with Crippen molar-refractivity contribution in [3.63, 3.8) is 0 Å². The van der Waals surface area contributed by atoms with Gasteiger partial charge in [-0.2, -0.15) is 4.31 Å². The van der Waals surface area contributed by atoms with E-state index in [1.165, 1.54) is 4.31 Å². The molecule has 2 aliphatic carbocycles. The molecule has 1 saturated heterocycles. The maximum Gasteiger partial charge on any atom is 0.322 e. The lowest BCUT2D eigenvalue weighted by Crippen LogP contribution is -2.68. The van der Waals surface area contributed by atoms with Gasteiger partial charge in [0.2, 0.25) is 10.0 Å². The highest BCUT2D eigenvalue weighted by Crippen LogP contribution is 2.55. The highest BCUT2D eigenvalue weighted by atomic mass is 32.2. The van der Waals surface area contributed by atoms with Crippen LogP contribution >= 0.6 is 0 Å². The summed E-state index contributed by atoms with van der Waals surface area (Å²) in [6.07, 6.45) is 4.29. The minimum atomic E-state index is -3.53. The van der Waals surface area contributed by atoms with Crippen molar-refractivity contribution >= 4 is 16.0 Å². The van der Waals surface area contributed by atoms with Crippen molar-refractivity contribution in [2.45, 2.75) is 49.3 Å². The SMILES string of the molecule is O=C(O)C1N(S(=O)(=O)[C@@H]2C[C@H]2c2ccccc2)CC12CCCC2. The molecular formula is C17H21NO4S. The molecule has 1 unspecified atom stereocenters. The van der Waals surface area contributed by atoms with E-state index in [4.69, 9.17) is 0 Å². The molecule has 1 aromatic rings. The molecule has 0 amide bonds. The van der Waals surface area contributed by atoms with E-state index in [9.17, 15) is 18.3 Å². The number of benzene rings is 1. The quantitative estimate of drug-likeness (QED) is 0.915. The Labute approximate surface area is 136 Å². The van der Waals surface area contributed by atoms with Crippen LogP contribution in [-0.2, 0) is 14.8 Å². The number of aliphatic carboxylic acids is 1. The first-order chi connectivity index (χ1) is 11.0. The molecule has 124 valence electrons. The summed E-state index contributed by atoms with van der Waals surface area (Å²) in [5.74, 6) is -0.977. The van der Waals surface area contributed by atoms with Gasteiger partial charge in [-0.1, -0.05) is 43.2 Å². The van der Waals surface area contributed by atoms with Crippen molar-refractivity contribution in [1.29, 1.82) is 0 Å². The standard InChI is InChI=1S/C17H21NO4S/c19-16(20)15-17(8-4-5-9-17)11-18(15)23(21,22)14-10-13(14)12-6-2-1-3-7-12/h1-3,6-7,13-15H,4-5,8-11H2,(H,19,20)/t13-,14+,15?/m0/s1. The van der Waals surface area contributed by atoms with Crippen molar-refractivity contribution in [2.75, 3.05) is 6.54 Å². The van der Waals surface area contributed by atoms with E-state index in [2.05, 4.69) is 0 Å². The summed E-state index contributed by atoms with van der Waals surface area (Å²) in [6, 6.07) is 8.78. The summed E-state index contributed by atoms with van der Waals surface area (Å²) >= 11 is 0. The van der Waals surface area contributed by atoms with Gasteiger partial charge in [-0.05, 0) is 24.8 Å². The lowest BCUT2D eigenvalue weighted by molar-refractivity contribution is -0.155. The molecule has 1 aromatic carbocycles. The first kappa shape index (κ1) is 15.1. The summed E-state index contributed by atoms with van der Waals surface area (Å²) in [6.45, 7) is 0.393. The van der Waals surface area contributed by atoms with E-state index in [0.29, 0.717) is 13.0 Å². The Hall–Kier alpha value is -1.40. The molecule has 0 bridgehead atoms. The molecule has 4 rings (SSSR count). The predicted octanol–water partition coefficient (Wildman–Crippen LogP) is 2.20. The molecule has 0 radical (unpaired) electrons. The topological polar surface area (TPSA) is 74.7 Å². The van der Waals surface area contributed by atoms with Gasteiger partial charge in [-0.25, -0.2) is 8.42 Å². The molecule has 1 aliphatic heterocycles. The summed E-state index contributed by atoms with van der Waals surface area (Å²) in [5.41, 5.74) is 0.722. The second-order valence-electron chi connectivity index (χ2n) is 7.19.